The van der Waals surface area contributed by atoms with Crippen molar-refractivity contribution in [2.24, 2.45) is 0 Å². The second-order valence-electron chi connectivity index (χ2n) is 14.9. The molecular formula is C50H41NO6. The lowest BCUT2D eigenvalue weighted by molar-refractivity contribution is 0.119. The van der Waals surface area contributed by atoms with Gasteiger partial charge in [-0.1, -0.05) is 42.5 Å². The molecule has 0 saturated carbocycles. The quantitative estimate of drug-likeness (QED) is 0.153. The first kappa shape index (κ1) is 34.7. The van der Waals surface area contributed by atoms with Crippen LogP contribution in [0.2, 0.25) is 0 Å². The Morgan fingerprint density at radius 2 is 0.491 bits per heavy atom. The molecule has 0 fully saturated rings. The summed E-state index contributed by atoms with van der Waals surface area (Å²) in [6.45, 7) is 0.331. The second kappa shape index (κ2) is 15.4. The van der Waals surface area contributed by atoms with E-state index in [1.807, 2.05) is 18.2 Å². The van der Waals surface area contributed by atoms with Gasteiger partial charge < -0.3 is 28.4 Å². The largest absolute Gasteiger partial charge is 0.457 e. The molecule has 282 valence electrons. The zero-order valence-corrected chi connectivity index (χ0v) is 31.5. The van der Waals surface area contributed by atoms with Crippen molar-refractivity contribution in [3.05, 3.63) is 207 Å². The third-order valence-electron chi connectivity index (χ3n) is 11.3. The van der Waals surface area contributed by atoms with E-state index in [4.69, 9.17) is 28.4 Å². The summed E-state index contributed by atoms with van der Waals surface area (Å²) in [7, 11) is 0. The lowest BCUT2D eigenvalue weighted by Gasteiger charge is -2.17. The summed E-state index contributed by atoms with van der Waals surface area (Å²) in [5, 5.41) is 0. The van der Waals surface area contributed by atoms with Crippen molar-refractivity contribution in [3.63, 3.8) is 0 Å². The molecule has 0 radical (unpaired) electrons. The summed E-state index contributed by atoms with van der Waals surface area (Å²) in [5.74, 6) is 4.70. The standard InChI is InChI=1S/C45H36O6.C5H5N/c1-7-40-19-34-14-29-2-8-43-21-36(29)15-30-3-9-41(20-35(30)13-28(1)34)48-26-49-44-11-5-32-16-37-22-42(47-25-46-40)10-4-31(37)17-38-24-45(51-27-50-43)12-6-33(38)18-39(32)23-44;1-2-4-6-5-3-1/h1-12,19-24H,13-18,25-27H2;1-5H. The lowest BCUT2D eigenvalue weighted by Crippen LogP contribution is -2.08. The second-order valence-corrected chi connectivity index (χ2v) is 14.9. The molecule has 2 aliphatic carbocycles. The number of hydrogen-bond donors (Lipinski definition) is 0. The van der Waals surface area contributed by atoms with Crippen molar-refractivity contribution in [1.29, 1.82) is 0 Å². The van der Waals surface area contributed by atoms with Gasteiger partial charge in [-0.3, -0.25) is 4.98 Å². The summed E-state index contributed by atoms with van der Waals surface area (Å²) < 4.78 is 37.6. The van der Waals surface area contributed by atoms with E-state index in [1.165, 1.54) is 66.8 Å². The molecule has 13 heterocycles. The molecule has 18 bridgehead atoms. The molecule has 12 aliphatic heterocycles. The highest BCUT2D eigenvalue weighted by Crippen LogP contribution is 2.35. The van der Waals surface area contributed by atoms with Crippen molar-refractivity contribution in [3.8, 4) is 34.5 Å². The van der Waals surface area contributed by atoms with Gasteiger partial charge in [-0.2, -0.15) is 0 Å². The first-order valence-electron chi connectivity index (χ1n) is 19.5. The zero-order chi connectivity index (χ0) is 38.0. The lowest BCUT2D eigenvalue weighted by atomic mass is 9.94. The summed E-state index contributed by atoms with van der Waals surface area (Å²) >= 11 is 0. The van der Waals surface area contributed by atoms with E-state index in [9.17, 15) is 0 Å². The maximum Gasteiger partial charge on any atom is 0.230 e. The number of rotatable bonds is 0. The van der Waals surface area contributed by atoms with Crippen LogP contribution >= 0.6 is 0 Å². The van der Waals surface area contributed by atoms with Gasteiger partial charge >= 0.3 is 0 Å². The number of nitrogens with zero attached hydrogens (tertiary/aromatic N) is 1. The fourth-order valence-electron chi connectivity index (χ4n) is 8.21. The summed E-state index contributed by atoms with van der Waals surface area (Å²) in [6, 6.07) is 44.1. The van der Waals surface area contributed by atoms with E-state index < -0.39 is 0 Å². The van der Waals surface area contributed by atoms with Crippen LogP contribution in [0.25, 0.3) is 0 Å². The predicted octanol–water partition coefficient (Wildman–Crippen LogP) is 9.81. The minimum atomic E-state index is 0.110. The number of aromatic nitrogens is 1. The van der Waals surface area contributed by atoms with Crippen LogP contribution in [0, 0.1) is 0 Å². The van der Waals surface area contributed by atoms with E-state index >= 15 is 0 Å². The molecule has 21 rings (SSSR count). The van der Waals surface area contributed by atoms with Crippen LogP contribution in [0.5, 0.6) is 34.5 Å². The number of pyridine rings is 1. The highest BCUT2D eigenvalue weighted by atomic mass is 16.7. The molecule has 0 unspecified atom stereocenters. The Hall–Kier alpha value is -6.73. The molecule has 7 heteroatoms. The van der Waals surface area contributed by atoms with Crippen LogP contribution in [0.3, 0.4) is 0 Å². The molecule has 0 atom stereocenters. The zero-order valence-electron chi connectivity index (χ0n) is 31.5. The Bertz CT molecular complexity index is 2140. The molecule has 1 aromatic heterocycles. The smallest absolute Gasteiger partial charge is 0.230 e. The van der Waals surface area contributed by atoms with Crippen molar-refractivity contribution >= 4 is 0 Å². The van der Waals surface area contributed by atoms with Crippen LogP contribution < -0.4 is 28.4 Å². The van der Waals surface area contributed by atoms with Gasteiger partial charge in [0.2, 0.25) is 20.4 Å². The van der Waals surface area contributed by atoms with Crippen LogP contribution in [-0.2, 0) is 38.5 Å². The van der Waals surface area contributed by atoms with Crippen LogP contribution in [0.1, 0.15) is 66.8 Å². The van der Waals surface area contributed by atoms with Gasteiger partial charge in [0, 0.05) is 12.4 Å². The molecule has 0 spiro atoms. The maximum absolute atomic E-state index is 6.27. The van der Waals surface area contributed by atoms with Crippen molar-refractivity contribution in [2.45, 2.75) is 38.5 Å². The Morgan fingerprint density at radius 3 is 0.667 bits per heavy atom. The van der Waals surface area contributed by atoms with Crippen molar-refractivity contribution in [1.82, 2.24) is 4.98 Å². The first-order valence-corrected chi connectivity index (χ1v) is 19.5. The number of hydrogen-bond acceptors (Lipinski definition) is 7. The highest BCUT2D eigenvalue weighted by Gasteiger charge is 2.20. The molecular weight excluding hydrogens is 711 g/mol. The minimum Gasteiger partial charge on any atom is -0.457 e. The SMILES string of the molecule is c1cc2c3cc1OCOc1ccc4c(c1)Cc1ccc5cc1Cc1ccc(cc1C4)OCOc1ccc(c(c1)Cc1ccc(cc1C2)OCO5)C3.c1ccncc1. The van der Waals surface area contributed by atoms with Gasteiger partial charge in [-0.25, -0.2) is 0 Å². The molecule has 0 N–H and O–H groups in total. The Labute approximate surface area is 332 Å². The fourth-order valence-corrected chi connectivity index (χ4v) is 8.21. The Kier molecular flexibility index (Phi) is 9.40. The predicted molar refractivity (Wildman–Crippen MR) is 218 cm³/mol. The average Bonchev–Trinajstić information content (AvgIpc) is 3.34. The van der Waals surface area contributed by atoms with Gasteiger partial charge in [0.05, 0.1) is 0 Å². The maximum atomic E-state index is 6.27. The minimum absolute atomic E-state index is 0.110. The van der Waals surface area contributed by atoms with Crippen molar-refractivity contribution in [2.75, 3.05) is 20.4 Å². The third kappa shape index (κ3) is 7.74. The topological polar surface area (TPSA) is 68.3 Å². The van der Waals surface area contributed by atoms with Crippen molar-refractivity contribution < 1.29 is 28.4 Å². The molecule has 0 amide bonds. The molecule has 7 nitrogen and oxygen atoms in total. The summed E-state index contributed by atoms with van der Waals surface area (Å²) in [6.07, 6.45) is 8.11. The van der Waals surface area contributed by atoms with Gasteiger partial charge in [-0.15, -0.1) is 0 Å². The van der Waals surface area contributed by atoms with E-state index in [1.54, 1.807) is 12.4 Å². The molecule has 57 heavy (non-hydrogen) atoms. The normalized spacial score (nSPS) is 14.5. The average molecular weight is 752 g/mol. The van der Waals surface area contributed by atoms with Gasteiger partial charge in [0.1, 0.15) is 34.5 Å². The number of benzene rings is 6. The monoisotopic (exact) mass is 751 g/mol. The van der Waals surface area contributed by atoms with E-state index in [2.05, 4.69) is 114 Å². The van der Waals surface area contributed by atoms with E-state index in [0.29, 0.717) is 0 Å². The fraction of sp³-hybridized carbons (Fsp3) is 0.180. The van der Waals surface area contributed by atoms with Gasteiger partial charge in [-0.05, 0) is 190 Å². The van der Waals surface area contributed by atoms with Crippen LogP contribution in [-0.4, -0.2) is 25.4 Å². The van der Waals surface area contributed by atoms with E-state index in [0.717, 1.165) is 73.0 Å². The third-order valence-corrected chi connectivity index (χ3v) is 11.3. The highest BCUT2D eigenvalue weighted by molar-refractivity contribution is 5.52. The van der Waals surface area contributed by atoms with E-state index in [-0.39, 0.29) is 20.4 Å². The molecule has 7 aromatic rings. The first-order chi connectivity index (χ1) is 28.1. The summed E-state index contributed by atoms with van der Waals surface area (Å²) in [5.41, 5.74) is 14.8. The van der Waals surface area contributed by atoms with Gasteiger partial charge in [0.25, 0.3) is 0 Å². The van der Waals surface area contributed by atoms with Gasteiger partial charge in [0.15, 0.2) is 0 Å². The summed E-state index contributed by atoms with van der Waals surface area (Å²) in [4.78, 5) is 3.78. The molecule has 6 aromatic carbocycles. The van der Waals surface area contributed by atoms with Crippen LogP contribution in [0.4, 0.5) is 0 Å². The number of ether oxygens (including phenoxy) is 6. The Morgan fingerprint density at radius 1 is 0.263 bits per heavy atom. The Balaban J connectivity index is 0.000000607. The molecule has 0 saturated heterocycles. The molecule has 14 aliphatic rings. The van der Waals surface area contributed by atoms with Crippen LogP contribution in [0.15, 0.2) is 140 Å².